The lowest BCUT2D eigenvalue weighted by atomic mass is 9.99. The summed E-state index contributed by atoms with van der Waals surface area (Å²) in [6, 6.07) is 4.67. The summed E-state index contributed by atoms with van der Waals surface area (Å²) in [7, 11) is 0. The summed E-state index contributed by atoms with van der Waals surface area (Å²) in [6.07, 6.45) is 1.21. The van der Waals surface area contributed by atoms with Gasteiger partial charge in [0.1, 0.15) is 11.4 Å². The van der Waals surface area contributed by atoms with Gasteiger partial charge in [-0.2, -0.15) is 0 Å². The van der Waals surface area contributed by atoms with Gasteiger partial charge < -0.3 is 15.8 Å². The Morgan fingerprint density at radius 3 is 3.00 bits per heavy atom. The molecule has 1 aliphatic rings. The molecule has 0 radical (unpaired) electrons. The predicted molar refractivity (Wildman–Crippen MR) is 70.2 cm³/mol. The van der Waals surface area contributed by atoms with Crippen molar-refractivity contribution in [2.75, 3.05) is 19.8 Å². The van der Waals surface area contributed by atoms with Gasteiger partial charge in [-0.15, -0.1) is 0 Å². The summed E-state index contributed by atoms with van der Waals surface area (Å²) in [5.74, 6) is -0.418. The third-order valence-electron chi connectivity index (χ3n) is 3.49. The van der Waals surface area contributed by atoms with Crippen LogP contribution in [0.4, 0.5) is 4.39 Å². The lowest BCUT2D eigenvalue weighted by molar-refractivity contribution is -0.126. The van der Waals surface area contributed by atoms with Crippen molar-refractivity contribution in [1.82, 2.24) is 5.32 Å². The highest BCUT2D eigenvalue weighted by molar-refractivity contribution is 5.86. The molecule has 1 amide bonds. The van der Waals surface area contributed by atoms with Crippen LogP contribution in [0.25, 0.3) is 0 Å². The minimum atomic E-state index is -0.891. The van der Waals surface area contributed by atoms with E-state index < -0.39 is 5.54 Å². The van der Waals surface area contributed by atoms with Crippen LogP contribution in [0.3, 0.4) is 0 Å². The molecule has 0 aliphatic carbocycles. The van der Waals surface area contributed by atoms with Crippen LogP contribution in [0.2, 0.25) is 0 Å². The number of hydrogen-bond donors (Lipinski definition) is 2. The number of carbonyl (C=O) groups excluding carboxylic acids is 1. The molecule has 3 N–H and O–H groups in total. The van der Waals surface area contributed by atoms with E-state index in [0.717, 1.165) is 11.1 Å². The van der Waals surface area contributed by atoms with Crippen molar-refractivity contribution in [1.29, 1.82) is 0 Å². The molecular formula is C14H19FN2O2. The Hall–Kier alpha value is -1.46. The molecule has 104 valence electrons. The molecule has 2 rings (SSSR count). The first kappa shape index (κ1) is 14.0. The Balaban J connectivity index is 1.85. The lowest BCUT2D eigenvalue weighted by Gasteiger charge is -2.20. The summed E-state index contributed by atoms with van der Waals surface area (Å²) in [5, 5.41) is 2.82. The molecule has 1 unspecified atom stereocenters. The average molecular weight is 266 g/mol. The molecule has 0 saturated carbocycles. The maximum atomic E-state index is 13.0. The van der Waals surface area contributed by atoms with E-state index in [0.29, 0.717) is 26.0 Å². The van der Waals surface area contributed by atoms with Crippen molar-refractivity contribution in [3.8, 4) is 0 Å². The molecule has 5 heteroatoms. The van der Waals surface area contributed by atoms with E-state index in [2.05, 4.69) is 5.32 Å². The Bertz CT molecular complexity index is 471. The fourth-order valence-corrected chi connectivity index (χ4v) is 2.19. The molecule has 1 fully saturated rings. The number of rotatable bonds is 4. The highest BCUT2D eigenvalue weighted by Crippen LogP contribution is 2.15. The molecular weight excluding hydrogens is 247 g/mol. The van der Waals surface area contributed by atoms with Crippen molar-refractivity contribution >= 4 is 5.91 Å². The maximum absolute atomic E-state index is 13.0. The largest absolute Gasteiger partial charge is 0.379 e. The number of ether oxygens (including phenoxy) is 1. The maximum Gasteiger partial charge on any atom is 0.242 e. The molecule has 0 aromatic heterocycles. The minimum Gasteiger partial charge on any atom is -0.379 e. The van der Waals surface area contributed by atoms with E-state index in [-0.39, 0.29) is 18.3 Å². The van der Waals surface area contributed by atoms with Gasteiger partial charge in [0.25, 0.3) is 0 Å². The van der Waals surface area contributed by atoms with Gasteiger partial charge in [0.15, 0.2) is 0 Å². The third-order valence-corrected chi connectivity index (χ3v) is 3.49. The second-order valence-electron chi connectivity index (χ2n) is 5.04. The molecule has 19 heavy (non-hydrogen) atoms. The van der Waals surface area contributed by atoms with Gasteiger partial charge in [0, 0.05) is 13.2 Å². The number of benzene rings is 1. The van der Waals surface area contributed by atoms with Crippen molar-refractivity contribution < 1.29 is 13.9 Å². The Morgan fingerprint density at radius 2 is 2.37 bits per heavy atom. The molecule has 1 aliphatic heterocycles. The highest BCUT2D eigenvalue weighted by atomic mass is 19.1. The first-order valence-corrected chi connectivity index (χ1v) is 6.41. The van der Waals surface area contributed by atoms with Gasteiger partial charge in [-0.3, -0.25) is 4.79 Å². The van der Waals surface area contributed by atoms with E-state index in [4.69, 9.17) is 10.5 Å². The monoisotopic (exact) mass is 266 g/mol. The van der Waals surface area contributed by atoms with Gasteiger partial charge in [0.2, 0.25) is 5.91 Å². The zero-order chi connectivity index (χ0) is 13.9. The topological polar surface area (TPSA) is 64.4 Å². The first-order valence-electron chi connectivity index (χ1n) is 6.41. The zero-order valence-corrected chi connectivity index (χ0v) is 11.0. The second-order valence-corrected chi connectivity index (χ2v) is 5.04. The summed E-state index contributed by atoms with van der Waals surface area (Å²) in [4.78, 5) is 11.9. The predicted octanol–water partition coefficient (Wildman–Crippen LogP) is 0.911. The van der Waals surface area contributed by atoms with Crippen LogP contribution in [0.1, 0.15) is 17.5 Å². The number of halogens is 1. The van der Waals surface area contributed by atoms with Crippen molar-refractivity contribution in [2.45, 2.75) is 25.3 Å². The Morgan fingerprint density at radius 1 is 1.58 bits per heavy atom. The van der Waals surface area contributed by atoms with Gasteiger partial charge in [-0.05, 0) is 43.0 Å². The van der Waals surface area contributed by atoms with Crippen molar-refractivity contribution in [2.24, 2.45) is 5.73 Å². The van der Waals surface area contributed by atoms with Crippen LogP contribution in [0.15, 0.2) is 18.2 Å². The number of nitrogens with two attached hydrogens (primary N) is 1. The SMILES string of the molecule is Cc1cc(F)ccc1CCNC(=O)C1(N)CCOC1. The molecule has 1 saturated heterocycles. The van der Waals surface area contributed by atoms with E-state index in [1.165, 1.54) is 12.1 Å². The van der Waals surface area contributed by atoms with E-state index in [1.54, 1.807) is 6.07 Å². The first-order chi connectivity index (χ1) is 9.01. The van der Waals surface area contributed by atoms with Gasteiger partial charge in [0.05, 0.1) is 6.61 Å². The second kappa shape index (κ2) is 5.67. The quantitative estimate of drug-likeness (QED) is 0.851. The van der Waals surface area contributed by atoms with Crippen molar-refractivity contribution in [3.63, 3.8) is 0 Å². The smallest absolute Gasteiger partial charge is 0.242 e. The number of carbonyl (C=O) groups is 1. The summed E-state index contributed by atoms with van der Waals surface area (Å²) in [6.45, 7) is 3.15. The van der Waals surface area contributed by atoms with E-state index in [9.17, 15) is 9.18 Å². The molecule has 4 nitrogen and oxygen atoms in total. The van der Waals surface area contributed by atoms with Gasteiger partial charge >= 0.3 is 0 Å². The Kier molecular flexibility index (Phi) is 4.17. The lowest BCUT2D eigenvalue weighted by Crippen LogP contribution is -2.54. The zero-order valence-electron chi connectivity index (χ0n) is 11.0. The molecule has 1 atom stereocenters. The number of aryl methyl sites for hydroxylation is 1. The van der Waals surface area contributed by atoms with Crippen LogP contribution in [0.5, 0.6) is 0 Å². The molecule has 0 bridgehead atoms. The van der Waals surface area contributed by atoms with Crippen LogP contribution in [-0.2, 0) is 16.0 Å². The summed E-state index contributed by atoms with van der Waals surface area (Å²) >= 11 is 0. The molecule has 1 aromatic rings. The van der Waals surface area contributed by atoms with Crippen molar-refractivity contribution in [3.05, 3.63) is 35.1 Å². The fraction of sp³-hybridized carbons (Fsp3) is 0.500. The number of amides is 1. The average Bonchev–Trinajstić information content (AvgIpc) is 2.80. The minimum absolute atomic E-state index is 0.176. The van der Waals surface area contributed by atoms with Crippen LogP contribution >= 0.6 is 0 Å². The van der Waals surface area contributed by atoms with Crippen LogP contribution < -0.4 is 11.1 Å². The Labute approximate surface area is 112 Å². The fourth-order valence-electron chi connectivity index (χ4n) is 2.19. The summed E-state index contributed by atoms with van der Waals surface area (Å²) < 4.78 is 18.1. The van der Waals surface area contributed by atoms with Crippen LogP contribution in [0, 0.1) is 12.7 Å². The van der Waals surface area contributed by atoms with E-state index in [1.807, 2.05) is 6.92 Å². The highest BCUT2D eigenvalue weighted by Gasteiger charge is 2.37. The summed E-state index contributed by atoms with van der Waals surface area (Å²) in [5.41, 5.74) is 6.97. The normalized spacial score (nSPS) is 22.5. The standard InChI is InChI=1S/C14H19FN2O2/c1-10-8-12(15)3-2-11(10)4-6-17-13(18)14(16)5-7-19-9-14/h2-3,8H,4-7,9,16H2,1H3,(H,17,18). The van der Waals surface area contributed by atoms with Gasteiger partial charge in [-0.25, -0.2) is 4.39 Å². The van der Waals surface area contributed by atoms with E-state index >= 15 is 0 Å². The molecule has 1 aromatic carbocycles. The third kappa shape index (κ3) is 3.30. The van der Waals surface area contributed by atoms with Gasteiger partial charge in [-0.1, -0.05) is 6.07 Å². The number of hydrogen-bond acceptors (Lipinski definition) is 3. The number of nitrogens with one attached hydrogen (secondary N) is 1. The van der Waals surface area contributed by atoms with Crippen LogP contribution in [-0.4, -0.2) is 31.2 Å². The molecule has 1 heterocycles. The molecule has 0 spiro atoms.